The van der Waals surface area contributed by atoms with Gasteiger partial charge in [0.05, 0.1) is 6.42 Å². The van der Waals surface area contributed by atoms with Gasteiger partial charge in [-0.3, -0.25) is 19.9 Å². The van der Waals surface area contributed by atoms with Crippen molar-refractivity contribution >= 4 is 17.8 Å². The highest BCUT2D eigenvalue weighted by Gasteiger charge is 2.49. The van der Waals surface area contributed by atoms with E-state index in [1.54, 1.807) is 24.5 Å². The first kappa shape index (κ1) is 27.8. The largest absolute Gasteiger partial charge is 0.478 e. The molecule has 2 aromatic heterocycles. The van der Waals surface area contributed by atoms with Crippen LogP contribution in [-0.4, -0.2) is 65.2 Å². The molecule has 0 radical (unpaired) electrons. The standard InChI is InChI=1S/C30H31N7O4/c1-2-7-26(38)37-28(33-34-35-37)25-10-4-3-9-24(25)23-13-11-21(12-14-23)20-32-30(29(40)41)15-6-17-36(30)27(39)18-22-8-5-16-31-19-22/h3-5,8-14,16,19,32H,2,6-7,15,17-18,20H2,1H3,(H,40,41). The minimum Gasteiger partial charge on any atom is -0.478 e. The number of hydrogen-bond acceptors (Lipinski definition) is 8. The van der Waals surface area contributed by atoms with Crippen molar-refractivity contribution in [3.05, 3.63) is 84.2 Å². The molecule has 0 aliphatic carbocycles. The van der Waals surface area contributed by atoms with Crippen molar-refractivity contribution in [3.8, 4) is 22.5 Å². The fourth-order valence-corrected chi connectivity index (χ4v) is 5.23. The van der Waals surface area contributed by atoms with Crippen molar-refractivity contribution in [1.82, 2.24) is 35.4 Å². The minimum absolute atomic E-state index is 0.0893. The normalized spacial score (nSPS) is 16.6. The van der Waals surface area contributed by atoms with Crippen LogP contribution >= 0.6 is 0 Å². The Bertz CT molecular complexity index is 1540. The second-order valence-electron chi connectivity index (χ2n) is 10.0. The summed E-state index contributed by atoms with van der Waals surface area (Å²) in [5, 5.41) is 25.2. The molecule has 1 fully saturated rings. The number of benzene rings is 2. The number of rotatable bonds is 10. The first-order chi connectivity index (χ1) is 19.9. The zero-order valence-corrected chi connectivity index (χ0v) is 22.7. The molecule has 1 saturated heterocycles. The van der Waals surface area contributed by atoms with Gasteiger partial charge in [-0.2, -0.15) is 4.68 Å². The summed E-state index contributed by atoms with van der Waals surface area (Å²) >= 11 is 0. The zero-order chi connectivity index (χ0) is 28.8. The first-order valence-corrected chi connectivity index (χ1v) is 13.6. The van der Waals surface area contributed by atoms with E-state index in [1.165, 1.54) is 9.58 Å². The van der Waals surface area contributed by atoms with E-state index >= 15 is 0 Å². The Kier molecular flexibility index (Phi) is 8.25. The number of carboxylic acids is 1. The number of carbonyl (C=O) groups excluding carboxylic acids is 2. The van der Waals surface area contributed by atoms with E-state index in [4.69, 9.17) is 0 Å². The molecule has 0 spiro atoms. The van der Waals surface area contributed by atoms with Crippen LogP contribution in [0.25, 0.3) is 22.5 Å². The molecule has 11 nitrogen and oxygen atoms in total. The van der Waals surface area contributed by atoms with E-state index in [9.17, 15) is 19.5 Å². The van der Waals surface area contributed by atoms with Crippen molar-refractivity contribution in [3.63, 3.8) is 0 Å². The van der Waals surface area contributed by atoms with Gasteiger partial charge in [0, 0.05) is 37.5 Å². The van der Waals surface area contributed by atoms with Crippen LogP contribution in [0.2, 0.25) is 0 Å². The van der Waals surface area contributed by atoms with Crippen LogP contribution in [0.5, 0.6) is 0 Å². The number of likely N-dealkylation sites (tertiary alicyclic amines) is 1. The zero-order valence-electron chi connectivity index (χ0n) is 22.7. The summed E-state index contributed by atoms with van der Waals surface area (Å²) in [5.74, 6) is -1.12. The fraction of sp³-hybridized carbons (Fsp3) is 0.300. The van der Waals surface area contributed by atoms with E-state index in [-0.39, 0.29) is 24.8 Å². The molecular weight excluding hydrogens is 522 g/mol. The Hall–Kier alpha value is -4.77. The third kappa shape index (κ3) is 5.75. The lowest BCUT2D eigenvalue weighted by Gasteiger charge is -2.35. The van der Waals surface area contributed by atoms with Crippen molar-refractivity contribution in [2.75, 3.05) is 6.54 Å². The Morgan fingerprint density at radius 3 is 2.46 bits per heavy atom. The maximum atomic E-state index is 13.1. The predicted octanol–water partition coefficient (Wildman–Crippen LogP) is 3.58. The number of tetrazole rings is 1. The van der Waals surface area contributed by atoms with Crippen molar-refractivity contribution in [2.24, 2.45) is 0 Å². The Balaban J connectivity index is 1.34. The molecule has 1 atom stereocenters. The highest BCUT2D eigenvalue weighted by Crippen LogP contribution is 2.32. The number of aliphatic carboxylic acids is 1. The highest BCUT2D eigenvalue weighted by molar-refractivity contribution is 5.89. The van der Waals surface area contributed by atoms with E-state index < -0.39 is 11.6 Å². The van der Waals surface area contributed by atoms with Crippen molar-refractivity contribution in [1.29, 1.82) is 0 Å². The summed E-state index contributed by atoms with van der Waals surface area (Å²) in [7, 11) is 0. The van der Waals surface area contributed by atoms with E-state index in [2.05, 4.69) is 25.8 Å². The van der Waals surface area contributed by atoms with Gasteiger partial charge < -0.3 is 10.0 Å². The van der Waals surface area contributed by atoms with E-state index in [1.807, 2.05) is 55.5 Å². The number of carbonyl (C=O) groups is 3. The number of carboxylic acid groups (broad SMARTS) is 1. The van der Waals surface area contributed by atoms with Gasteiger partial charge in [0.15, 0.2) is 11.5 Å². The number of amides is 1. The van der Waals surface area contributed by atoms with Gasteiger partial charge in [0.2, 0.25) is 11.8 Å². The van der Waals surface area contributed by atoms with Crippen LogP contribution in [0.15, 0.2) is 73.1 Å². The molecule has 0 saturated carbocycles. The lowest BCUT2D eigenvalue weighted by molar-refractivity contribution is -0.159. The Morgan fingerprint density at radius 1 is 0.976 bits per heavy atom. The molecule has 2 N–H and O–H groups in total. The molecule has 4 aromatic rings. The highest BCUT2D eigenvalue weighted by atomic mass is 16.4. The summed E-state index contributed by atoms with van der Waals surface area (Å²) in [6.45, 7) is 2.55. The summed E-state index contributed by atoms with van der Waals surface area (Å²) in [5.41, 5.74) is 2.60. The van der Waals surface area contributed by atoms with E-state index in [0.717, 1.165) is 27.8 Å². The van der Waals surface area contributed by atoms with Gasteiger partial charge in [-0.25, -0.2) is 4.79 Å². The fourth-order valence-electron chi connectivity index (χ4n) is 5.23. The molecule has 41 heavy (non-hydrogen) atoms. The summed E-state index contributed by atoms with van der Waals surface area (Å²) in [4.78, 5) is 43.7. The van der Waals surface area contributed by atoms with Crippen LogP contribution in [0, 0.1) is 0 Å². The minimum atomic E-state index is -1.48. The second-order valence-corrected chi connectivity index (χ2v) is 10.0. The molecule has 1 unspecified atom stereocenters. The monoisotopic (exact) mass is 553 g/mol. The average molecular weight is 554 g/mol. The van der Waals surface area contributed by atoms with Gasteiger partial charge >= 0.3 is 5.97 Å². The number of nitrogens with zero attached hydrogens (tertiary/aromatic N) is 6. The van der Waals surface area contributed by atoms with Gasteiger partial charge in [-0.05, 0) is 58.0 Å². The first-order valence-electron chi connectivity index (χ1n) is 13.6. The van der Waals surface area contributed by atoms with E-state index in [0.29, 0.717) is 38.1 Å². The topological polar surface area (TPSA) is 143 Å². The van der Waals surface area contributed by atoms with Gasteiger partial charge in [-0.15, -0.1) is 5.10 Å². The lowest BCUT2D eigenvalue weighted by Crippen LogP contribution is -2.62. The molecule has 2 aromatic carbocycles. The number of nitrogens with one attached hydrogen (secondary N) is 1. The van der Waals surface area contributed by atoms with Crippen molar-refractivity contribution in [2.45, 2.75) is 51.2 Å². The average Bonchev–Trinajstić information content (AvgIpc) is 3.66. The quantitative estimate of drug-likeness (QED) is 0.282. The van der Waals surface area contributed by atoms with Gasteiger partial charge in [0.25, 0.3) is 0 Å². The second kappa shape index (κ2) is 12.2. The Labute approximate surface area is 237 Å². The Morgan fingerprint density at radius 2 is 1.76 bits per heavy atom. The van der Waals surface area contributed by atoms with Crippen LogP contribution < -0.4 is 5.32 Å². The number of hydrogen-bond donors (Lipinski definition) is 2. The van der Waals surface area contributed by atoms with Crippen LogP contribution in [0.4, 0.5) is 0 Å². The number of pyridine rings is 1. The summed E-state index contributed by atoms with van der Waals surface area (Å²) < 4.78 is 1.24. The smallest absolute Gasteiger partial charge is 0.344 e. The molecule has 11 heteroatoms. The molecule has 5 rings (SSSR count). The molecule has 1 aliphatic rings. The third-order valence-electron chi connectivity index (χ3n) is 7.30. The summed E-state index contributed by atoms with van der Waals surface area (Å²) in [6, 6.07) is 18.9. The van der Waals surface area contributed by atoms with Crippen LogP contribution in [0.3, 0.4) is 0 Å². The molecule has 1 aliphatic heterocycles. The maximum absolute atomic E-state index is 13.1. The number of aromatic nitrogens is 5. The summed E-state index contributed by atoms with van der Waals surface area (Å²) in [6.07, 6.45) is 5.28. The molecule has 210 valence electrons. The maximum Gasteiger partial charge on any atom is 0.344 e. The van der Waals surface area contributed by atoms with Crippen molar-refractivity contribution < 1.29 is 19.5 Å². The molecule has 3 heterocycles. The molecule has 0 bridgehead atoms. The third-order valence-corrected chi connectivity index (χ3v) is 7.30. The molecule has 1 amide bonds. The lowest BCUT2D eigenvalue weighted by atomic mass is 9.98. The van der Waals surface area contributed by atoms with Crippen LogP contribution in [-0.2, 0) is 22.6 Å². The van der Waals surface area contributed by atoms with Gasteiger partial charge in [-0.1, -0.05) is 61.5 Å². The molecular formula is C30H31N7O4. The van der Waals surface area contributed by atoms with Gasteiger partial charge in [0.1, 0.15) is 0 Å². The van der Waals surface area contributed by atoms with Crippen LogP contribution in [0.1, 0.15) is 48.5 Å². The predicted molar refractivity (Wildman–Crippen MR) is 150 cm³/mol. The SMILES string of the molecule is CCCC(=O)n1nnnc1-c1ccccc1-c1ccc(CNC2(C(=O)O)CCCN2C(=O)Cc2cccnc2)cc1.